The molecule has 0 saturated carbocycles. The number of para-hydroxylation sites is 1. The van der Waals surface area contributed by atoms with Crippen molar-refractivity contribution in [2.75, 3.05) is 38.9 Å². The summed E-state index contributed by atoms with van der Waals surface area (Å²) < 4.78 is 21.6. The minimum atomic E-state index is -0.359. The van der Waals surface area contributed by atoms with Gasteiger partial charge >= 0.3 is 6.03 Å². The first kappa shape index (κ1) is 25.1. The zero-order chi connectivity index (χ0) is 25.3. The van der Waals surface area contributed by atoms with Crippen LogP contribution < -0.4 is 14.8 Å². The molecule has 0 fully saturated rings. The van der Waals surface area contributed by atoms with Crippen molar-refractivity contribution in [3.8, 4) is 11.5 Å². The highest BCUT2D eigenvalue weighted by molar-refractivity contribution is 5.93. The molecule has 3 aromatic rings. The number of carbonyl (C=O) groups is 2. The summed E-state index contributed by atoms with van der Waals surface area (Å²) in [6.07, 6.45) is 2.35. The lowest BCUT2D eigenvalue weighted by atomic mass is 10.1. The highest BCUT2D eigenvalue weighted by atomic mass is 16.7. The molecule has 0 aliphatic carbocycles. The number of urea groups is 1. The second-order valence-electron chi connectivity index (χ2n) is 8.37. The standard InChI is InChI=1S/C27H31N3O6/c1-3-21-7-4-5-9-23(21)28-27(32)29(12-14-33-2)18-26(31)30(17-22-8-6-13-34-22)16-20-10-11-24-25(15-20)36-19-35-24/h4-11,13,15H,3,12,14,16-19H2,1-2H3,(H,28,32). The number of rotatable bonds is 11. The summed E-state index contributed by atoms with van der Waals surface area (Å²) in [5.74, 6) is 1.75. The molecule has 0 spiro atoms. The molecule has 0 saturated heterocycles. The van der Waals surface area contributed by atoms with Crippen LogP contribution in [-0.2, 0) is 29.0 Å². The van der Waals surface area contributed by atoms with Crippen LogP contribution in [0.25, 0.3) is 0 Å². The zero-order valence-electron chi connectivity index (χ0n) is 20.6. The van der Waals surface area contributed by atoms with Gasteiger partial charge in [0.05, 0.1) is 19.4 Å². The molecule has 1 N–H and O–H groups in total. The van der Waals surface area contributed by atoms with Crippen LogP contribution in [0.5, 0.6) is 11.5 Å². The number of nitrogens with zero attached hydrogens (tertiary/aromatic N) is 2. The van der Waals surface area contributed by atoms with Crippen molar-refractivity contribution >= 4 is 17.6 Å². The number of hydrogen-bond acceptors (Lipinski definition) is 6. The smallest absolute Gasteiger partial charge is 0.322 e. The second-order valence-corrected chi connectivity index (χ2v) is 8.37. The average molecular weight is 494 g/mol. The van der Waals surface area contributed by atoms with Crippen molar-refractivity contribution in [3.63, 3.8) is 0 Å². The Bertz CT molecular complexity index is 1160. The fourth-order valence-corrected chi connectivity index (χ4v) is 3.94. The highest BCUT2D eigenvalue weighted by Crippen LogP contribution is 2.33. The molecule has 2 aromatic carbocycles. The number of methoxy groups -OCH3 is 1. The van der Waals surface area contributed by atoms with E-state index in [1.807, 2.05) is 55.5 Å². The summed E-state index contributed by atoms with van der Waals surface area (Å²) >= 11 is 0. The normalized spacial score (nSPS) is 11.8. The lowest BCUT2D eigenvalue weighted by Gasteiger charge is -2.27. The number of aryl methyl sites for hydroxylation is 1. The largest absolute Gasteiger partial charge is 0.467 e. The summed E-state index contributed by atoms with van der Waals surface area (Å²) in [6.45, 7) is 3.23. The van der Waals surface area contributed by atoms with E-state index in [0.717, 1.165) is 23.2 Å². The third-order valence-electron chi connectivity index (χ3n) is 5.91. The zero-order valence-corrected chi connectivity index (χ0v) is 20.6. The molecule has 1 aromatic heterocycles. The van der Waals surface area contributed by atoms with Crippen LogP contribution in [0, 0.1) is 0 Å². The van der Waals surface area contributed by atoms with Crippen molar-refractivity contribution in [1.82, 2.24) is 9.80 Å². The van der Waals surface area contributed by atoms with E-state index in [1.54, 1.807) is 24.3 Å². The molecule has 9 heteroatoms. The molecule has 9 nitrogen and oxygen atoms in total. The number of furan rings is 1. The molecule has 0 unspecified atom stereocenters. The van der Waals surface area contributed by atoms with E-state index in [-0.39, 0.29) is 38.4 Å². The van der Waals surface area contributed by atoms with Gasteiger partial charge < -0.3 is 33.7 Å². The van der Waals surface area contributed by atoms with Crippen LogP contribution in [0.15, 0.2) is 65.3 Å². The lowest BCUT2D eigenvalue weighted by molar-refractivity contribution is -0.133. The Morgan fingerprint density at radius 2 is 1.83 bits per heavy atom. The van der Waals surface area contributed by atoms with E-state index < -0.39 is 0 Å². The number of ether oxygens (including phenoxy) is 3. The van der Waals surface area contributed by atoms with E-state index in [2.05, 4.69) is 5.32 Å². The Morgan fingerprint density at radius 1 is 1.00 bits per heavy atom. The molecule has 190 valence electrons. The van der Waals surface area contributed by atoms with E-state index in [9.17, 15) is 9.59 Å². The Kier molecular flexibility index (Phi) is 8.46. The van der Waals surface area contributed by atoms with Gasteiger partial charge in [-0.1, -0.05) is 31.2 Å². The molecule has 3 amide bonds. The minimum absolute atomic E-state index is 0.116. The Morgan fingerprint density at radius 3 is 2.61 bits per heavy atom. The van der Waals surface area contributed by atoms with Crippen LogP contribution in [0.1, 0.15) is 23.8 Å². The number of amides is 3. The summed E-state index contributed by atoms with van der Waals surface area (Å²) in [7, 11) is 1.56. The molecule has 1 aliphatic heterocycles. The van der Waals surface area contributed by atoms with E-state index in [4.69, 9.17) is 18.6 Å². The second kappa shape index (κ2) is 12.1. The molecule has 0 bridgehead atoms. The SMILES string of the molecule is CCc1ccccc1NC(=O)N(CCOC)CC(=O)N(Cc1ccc2c(c1)OCO2)Cc1ccco1. The van der Waals surface area contributed by atoms with Crippen molar-refractivity contribution in [3.05, 3.63) is 77.7 Å². The Labute approximate surface area is 210 Å². The van der Waals surface area contributed by atoms with Crippen molar-refractivity contribution < 1.29 is 28.2 Å². The fraction of sp³-hybridized carbons (Fsp3) is 0.333. The molecular weight excluding hydrogens is 462 g/mol. The molecule has 2 heterocycles. The van der Waals surface area contributed by atoms with Gasteiger partial charge in [0.2, 0.25) is 12.7 Å². The molecular formula is C27H31N3O6. The predicted molar refractivity (Wildman–Crippen MR) is 134 cm³/mol. The maximum atomic E-state index is 13.5. The van der Waals surface area contributed by atoms with Crippen molar-refractivity contribution in [1.29, 1.82) is 0 Å². The molecule has 4 rings (SSSR count). The highest BCUT2D eigenvalue weighted by Gasteiger charge is 2.24. The van der Waals surface area contributed by atoms with Gasteiger partial charge in [-0.2, -0.15) is 0 Å². The van der Waals surface area contributed by atoms with Crippen molar-refractivity contribution in [2.24, 2.45) is 0 Å². The van der Waals surface area contributed by atoms with Gasteiger partial charge in [-0.3, -0.25) is 4.79 Å². The first-order chi connectivity index (χ1) is 17.6. The van der Waals surface area contributed by atoms with Gasteiger partial charge in [0.15, 0.2) is 11.5 Å². The van der Waals surface area contributed by atoms with Crippen molar-refractivity contribution in [2.45, 2.75) is 26.4 Å². The quantitative estimate of drug-likeness (QED) is 0.429. The summed E-state index contributed by atoms with van der Waals surface area (Å²) in [5, 5.41) is 2.95. The first-order valence-electron chi connectivity index (χ1n) is 11.9. The Hall–Kier alpha value is -3.98. The number of nitrogens with one attached hydrogen (secondary N) is 1. The summed E-state index contributed by atoms with van der Waals surface area (Å²) in [6, 6.07) is 16.5. The maximum Gasteiger partial charge on any atom is 0.322 e. The predicted octanol–water partition coefficient (Wildman–Crippen LogP) is 4.28. The lowest BCUT2D eigenvalue weighted by Crippen LogP contribution is -2.45. The third-order valence-corrected chi connectivity index (χ3v) is 5.91. The fourth-order valence-electron chi connectivity index (χ4n) is 3.94. The number of fused-ring (bicyclic) bond motifs is 1. The van der Waals surface area contributed by atoms with E-state index in [1.165, 1.54) is 4.90 Å². The van der Waals surface area contributed by atoms with E-state index in [0.29, 0.717) is 30.4 Å². The van der Waals surface area contributed by atoms with E-state index >= 15 is 0 Å². The van der Waals surface area contributed by atoms with Gasteiger partial charge in [-0.15, -0.1) is 0 Å². The molecule has 0 radical (unpaired) electrons. The van der Waals surface area contributed by atoms with Crippen LogP contribution in [0.2, 0.25) is 0 Å². The average Bonchev–Trinajstić information content (AvgIpc) is 3.58. The van der Waals surface area contributed by atoms with Crippen LogP contribution in [0.4, 0.5) is 10.5 Å². The first-order valence-corrected chi connectivity index (χ1v) is 11.9. The van der Waals surface area contributed by atoms with Gasteiger partial charge in [0.25, 0.3) is 0 Å². The van der Waals surface area contributed by atoms with Crippen LogP contribution >= 0.6 is 0 Å². The number of benzene rings is 2. The minimum Gasteiger partial charge on any atom is -0.467 e. The van der Waals surface area contributed by atoms with Gasteiger partial charge in [-0.25, -0.2) is 4.79 Å². The molecule has 1 aliphatic rings. The van der Waals surface area contributed by atoms with Gasteiger partial charge in [0, 0.05) is 25.9 Å². The molecule has 36 heavy (non-hydrogen) atoms. The Balaban J connectivity index is 1.50. The number of hydrogen-bond donors (Lipinski definition) is 1. The van der Waals surface area contributed by atoms with Crippen LogP contribution in [-0.4, -0.2) is 55.3 Å². The number of anilines is 1. The molecule has 0 atom stereocenters. The van der Waals surface area contributed by atoms with Gasteiger partial charge in [-0.05, 0) is 47.9 Å². The number of carbonyl (C=O) groups excluding carboxylic acids is 2. The van der Waals surface area contributed by atoms with Gasteiger partial charge in [0.1, 0.15) is 12.3 Å². The summed E-state index contributed by atoms with van der Waals surface area (Å²) in [5.41, 5.74) is 2.63. The third kappa shape index (κ3) is 6.37. The topological polar surface area (TPSA) is 93.5 Å². The summed E-state index contributed by atoms with van der Waals surface area (Å²) in [4.78, 5) is 29.8. The van der Waals surface area contributed by atoms with Crippen LogP contribution in [0.3, 0.4) is 0 Å². The monoisotopic (exact) mass is 493 g/mol. The maximum absolute atomic E-state index is 13.5.